The van der Waals surface area contributed by atoms with Gasteiger partial charge in [-0.3, -0.25) is 0 Å². The minimum Gasteiger partial charge on any atom is -0.378 e. The molecule has 0 radical (unpaired) electrons. The standard InChI is InChI=1S/C13H16BrN3/c1-10-11(8-14)9-17(15-10)13-6-4-12(5-7-13)16(2)3/h4-7,9H,8H2,1-3H3. The normalized spacial score (nSPS) is 10.6. The Kier molecular flexibility index (Phi) is 3.52. The summed E-state index contributed by atoms with van der Waals surface area (Å²) in [6.07, 6.45) is 2.06. The molecule has 0 unspecified atom stereocenters. The van der Waals surface area contributed by atoms with Crippen LogP contribution in [0.1, 0.15) is 11.3 Å². The molecule has 0 aliphatic heterocycles. The highest BCUT2D eigenvalue weighted by Crippen LogP contribution is 2.17. The summed E-state index contributed by atoms with van der Waals surface area (Å²) in [7, 11) is 4.08. The summed E-state index contributed by atoms with van der Waals surface area (Å²) in [6.45, 7) is 2.03. The minimum atomic E-state index is 0.842. The highest BCUT2D eigenvalue weighted by atomic mass is 79.9. The third kappa shape index (κ3) is 2.52. The average molecular weight is 294 g/mol. The van der Waals surface area contributed by atoms with E-state index < -0.39 is 0 Å². The average Bonchev–Trinajstić information content (AvgIpc) is 2.70. The van der Waals surface area contributed by atoms with E-state index in [1.54, 1.807) is 0 Å². The molecule has 0 spiro atoms. The molecule has 0 N–H and O–H groups in total. The van der Waals surface area contributed by atoms with Gasteiger partial charge in [-0.05, 0) is 31.2 Å². The van der Waals surface area contributed by atoms with Gasteiger partial charge in [-0.25, -0.2) is 4.68 Å². The van der Waals surface area contributed by atoms with Gasteiger partial charge in [-0.1, -0.05) is 15.9 Å². The van der Waals surface area contributed by atoms with Crippen molar-refractivity contribution in [3.05, 3.63) is 41.7 Å². The van der Waals surface area contributed by atoms with E-state index >= 15 is 0 Å². The number of aromatic nitrogens is 2. The number of alkyl halides is 1. The van der Waals surface area contributed by atoms with Crippen molar-refractivity contribution in [1.29, 1.82) is 0 Å². The Hall–Kier alpha value is -1.29. The van der Waals surface area contributed by atoms with Crippen LogP contribution < -0.4 is 4.90 Å². The molecule has 0 atom stereocenters. The van der Waals surface area contributed by atoms with Gasteiger partial charge in [0, 0.05) is 36.9 Å². The summed E-state index contributed by atoms with van der Waals surface area (Å²) in [4.78, 5) is 2.09. The predicted octanol–water partition coefficient (Wildman–Crippen LogP) is 3.14. The summed E-state index contributed by atoms with van der Waals surface area (Å²) >= 11 is 3.46. The molecule has 0 bridgehead atoms. The van der Waals surface area contributed by atoms with Crippen molar-refractivity contribution in [3.8, 4) is 5.69 Å². The van der Waals surface area contributed by atoms with Gasteiger partial charge in [0.05, 0.1) is 11.4 Å². The third-order valence-electron chi connectivity index (χ3n) is 2.78. The molecule has 0 saturated heterocycles. The van der Waals surface area contributed by atoms with Gasteiger partial charge in [0.15, 0.2) is 0 Å². The Morgan fingerprint density at radius 1 is 1.24 bits per heavy atom. The van der Waals surface area contributed by atoms with Crippen LogP contribution in [0.4, 0.5) is 5.69 Å². The molecule has 3 nitrogen and oxygen atoms in total. The van der Waals surface area contributed by atoms with Crippen molar-refractivity contribution < 1.29 is 0 Å². The van der Waals surface area contributed by atoms with Gasteiger partial charge in [0.1, 0.15) is 0 Å². The van der Waals surface area contributed by atoms with Crippen molar-refractivity contribution in [3.63, 3.8) is 0 Å². The predicted molar refractivity (Wildman–Crippen MR) is 75.3 cm³/mol. The van der Waals surface area contributed by atoms with Gasteiger partial charge in [-0.15, -0.1) is 0 Å². The number of benzene rings is 1. The lowest BCUT2D eigenvalue weighted by molar-refractivity contribution is 0.862. The Balaban J connectivity index is 2.33. The molecule has 1 aromatic heterocycles. The van der Waals surface area contributed by atoms with Gasteiger partial charge in [-0.2, -0.15) is 5.10 Å². The summed E-state index contributed by atoms with van der Waals surface area (Å²) in [5.41, 5.74) is 4.57. The molecule has 2 rings (SSSR count). The summed E-state index contributed by atoms with van der Waals surface area (Å²) in [6, 6.07) is 8.36. The molecule has 2 aromatic rings. The van der Waals surface area contributed by atoms with Crippen molar-refractivity contribution in [2.45, 2.75) is 12.3 Å². The first-order chi connectivity index (χ1) is 8.11. The van der Waals surface area contributed by atoms with Crippen LogP contribution in [-0.2, 0) is 5.33 Å². The van der Waals surface area contributed by atoms with Gasteiger partial charge < -0.3 is 4.90 Å². The lowest BCUT2D eigenvalue weighted by Gasteiger charge is -2.12. The number of hydrogen-bond acceptors (Lipinski definition) is 2. The molecule has 0 aliphatic rings. The second kappa shape index (κ2) is 4.92. The first kappa shape index (κ1) is 12.2. The summed E-state index contributed by atoms with van der Waals surface area (Å²) in [5.74, 6) is 0. The SMILES string of the molecule is Cc1nn(-c2ccc(N(C)C)cc2)cc1CBr. The van der Waals surface area contributed by atoms with Crippen molar-refractivity contribution in [2.24, 2.45) is 0 Å². The fourth-order valence-electron chi connectivity index (χ4n) is 1.66. The van der Waals surface area contributed by atoms with Crippen molar-refractivity contribution in [1.82, 2.24) is 9.78 Å². The first-order valence-corrected chi connectivity index (χ1v) is 6.63. The maximum atomic E-state index is 4.50. The number of aryl methyl sites for hydroxylation is 1. The Labute approximate surface area is 110 Å². The van der Waals surface area contributed by atoms with E-state index in [4.69, 9.17) is 0 Å². The van der Waals surface area contributed by atoms with Crippen molar-refractivity contribution >= 4 is 21.6 Å². The summed E-state index contributed by atoms with van der Waals surface area (Å²) < 4.78 is 1.92. The van der Waals surface area contributed by atoms with Crippen LogP contribution >= 0.6 is 15.9 Å². The zero-order chi connectivity index (χ0) is 12.4. The molecular formula is C13H16BrN3. The zero-order valence-electron chi connectivity index (χ0n) is 10.3. The van der Waals surface area contributed by atoms with Crippen LogP contribution in [0, 0.1) is 6.92 Å². The van der Waals surface area contributed by atoms with E-state index in [1.165, 1.54) is 11.3 Å². The molecule has 1 aromatic carbocycles. The molecule has 17 heavy (non-hydrogen) atoms. The Bertz CT molecular complexity index is 500. The summed E-state index contributed by atoms with van der Waals surface area (Å²) in [5, 5.41) is 5.34. The Morgan fingerprint density at radius 2 is 1.88 bits per heavy atom. The van der Waals surface area contributed by atoms with Crippen LogP contribution in [0.15, 0.2) is 30.5 Å². The van der Waals surface area contributed by atoms with Gasteiger partial charge in [0.2, 0.25) is 0 Å². The lowest BCUT2D eigenvalue weighted by atomic mass is 10.2. The Morgan fingerprint density at radius 3 is 2.35 bits per heavy atom. The van der Waals surface area contributed by atoms with E-state index in [9.17, 15) is 0 Å². The topological polar surface area (TPSA) is 21.1 Å². The molecule has 0 aliphatic carbocycles. The first-order valence-electron chi connectivity index (χ1n) is 5.50. The van der Waals surface area contributed by atoms with Crippen LogP contribution in [-0.4, -0.2) is 23.9 Å². The van der Waals surface area contributed by atoms with E-state index in [2.05, 4.69) is 56.4 Å². The lowest BCUT2D eigenvalue weighted by Crippen LogP contribution is -2.08. The largest absolute Gasteiger partial charge is 0.378 e. The van der Waals surface area contributed by atoms with Crippen LogP contribution in [0.5, 0.6) is 0 Å². The molecular weight excluding hydrogens is 278 g/mol. The highest BCUT2D eigenvalue weighted by molar-refractivity contribution is 9.08. The fraction of sp³-hybridized carbons (Fsp3) is 0.308. The molecule has 0 amide bonds. The number of hydrogen-bond donors (Lipinski definition) is 0. The fourth-order valence-corrected chi connectivity index (χ4v) is 2.21. The number of rotatable bonds is 3. The number of anilines is 1. The van der Waals surface area contributed by atoms with Crippen LogP contribution in [0.2, 0.25) is 0 Å². The maximum Gasteiger partial charge on any atom is 0.0647 e. The molecule has 0 fully saturated rings. The molecule has 1 heterocycles. The highest BCUT2D eigenvalue weighted by Gasteiger charge is 2.05. The van der Waals surface area contributed by atoms with E-state index in [-0.39, 0.29) is 0 Å². The maximum absolute atomic E-state index is 4.50. The van der Waals surface area contributed by atoms with E-state index in [1.807, 2.05) is 25.7 Å². The molecule has 0 saturated carbocycles. The van der Waals surface area contributed by atoms with Crippen LogP contribution in [0.25, 0.3) is 5.69 Å². The van der Waals surface area contributed by atoms with Crippen LogP contribution in [0.3, 0.4) is 0 Å². The number of nitrogens with zero attached hydrogens (tertiary/aromatic N) is 3. The molecule has 90 valence electrons. The van der Waals surface area contributed by atoms with E-state index in [0.29, 0.717) is 0 Å². The monoisotopic (exact) mass is 293 g/mol. The van der Waals surface area contributed by atoms with Gasteiger partial charge >= 0.3 is 0 Å². The smallest absolute Gasteiger partial charge is 0.0647 e. The quantitative estimate of drug-likeness (QED) is 0.811. The third-order valence-corrected chi connectivity index (χ3v) is 3.38. The van der Waals surface area contributed by atoms with E-state index in [0.717, 1.165) is 16.7 Å². The number of halogens is 1. The molecule has 4 heteroatoms. The zero-order valence-corrected chi connectivity index (χ0v) is 11.9. The van der Waals surface area contributed by atoms with Gasteiger partial charge in [0.25, 0.3) is 0 Å². The second-order valence-electron chi connectivity index (χ2n) is 4.23. The minimum absolute atomic E-state index is 0.842. The second-order valence-corrected chi connectivity index (χ2v) is 4.79. The van der Waals surface area contributed by atoms with Crippen molar-refractivity contribution in [2.75, 3.05) is 19.0 Å².